The normalized spacial score (nSPS) is 11.0. The van der Waals surface area contributed by atoms with Crippen LogP contribution in [-0.4, -0.2) is 41.5 Å². The van der Waals surface area contributed by atoms with Crippen LogP contribution in [-0.2, 0) is 12.8 Å². The Hall–Kier alpha value is -3.55. The predicted molar refractivity (Wildman–Crippen MR) is 103 cm³/mol. The van der Waals surface area contributed by atoms with E-state index in [1.54, 1.807) is 27.7 Å². The lowest BCUT2D eigenvalue weighted by molar-refractivity contribution is 0.323. The van der Waals surface area contributed by atoms with Crippen LogP contribution in [0.2, 0.25) is 0 Å². The molecule has 0 bridgehead atoms. The molecule has 0 atom stereocenters. The molecule has 0 amide bonds. The maximum absolute atomic E-state index is 5.83. The zero-order valence-corrected chi connectivity index (χ0v) is 15.9. The zero-order valence-electron chi connectivity index (χ0n) is 15.9. The summed E-state index contributed by atoms with van der Waals surface area (Å²) in [6, 6.07) is 9.63. The highest BCUT2D eigenvalue weighted by Gasteiger charge is 2.15. The topological polar surface area (TPSA) is 95.3 Å². The van der Waals surface area contributed by atoms with Crippen LogP contribution < -0.4 is 14.2 Å². The Kier molecular flexibility index (Phi) is 4.84. The number of nitrogens with one attached hydrogen (secondary N) is 1. The number of H-pyrrole nitrogens is 1. The molecule has 4 aromatic rings. The summed E-state index contributed by atoms with van der Waals surface area (Å²) in [6.07, 6.45) is 2.94. The quantitative estimate of drug-likeness (QED) is 0.525. The van der Waals surface area contributed by atoms with Crippen molar-refractivity contribution in [1.82, 2.24) is 20.2 Å². The monoisotopic (exact) mass is 380 g/mol. The van der Waals surface area contributed by atoms with Crippen LogP contribution in [0.1, 0.15) is 11.5 Å². The van der Waals surface area contributed by atoms with Crippen molar-refractivity contribution in [3.05, 3.63) is 48.1 Å². The van der Waals surface area contributed by atoms with Crippen molar-refractivity contribution in [2.75, 3.05) is 21.3 Å². The maximum atomic E-state index is 5.83. The van der Waals surface area contributed by atoms with Crippen LogP contribution in [0.5, 0.6) is 17.2 Å². The van der Waals surface area contributed by atoms with Gasteiger partial charge in [-0.3, -0.25) is 0 Å². The Labute approximate surface area is 161 Å². The standard InChI is InChI=1S/C20H20N4O4/c1-25-16-8-12(9-17(26-2)19(16)27-3)4-7-18-23-24-20(28-18)13-5-6-14-15(10-13)22-11-21-14/h5-6,8-11H,4,7H2,1-3H3,(H,21,22). The van der Waals surface area contributed by atoms with Crippen LogP contribution in [0.25, 0.3) is 22.5 Å². The second-order valence-corrected chi connectivity index (χ2v) is 6.17. The summed E-state index contributed by atoms with van der Waals surface area (Å²) in [7, 11) is 4.78. The Morgan fingerprint density at radius 3 is 2.43 bits per heavy atom. The SMILES string of the molecule is COc1cc(CCc2nnc(-c3ccc4[nH]cnc4c3)o2)cc(OC)c1OC. The van der Waals surface area contributed by atoms with Gasteiger partial charge in [-0.1, -0.05) is 0 Å². The Bertz CT molecular complexity index is 1080. The van der Waals surface area contributed by atoms with Gasteiger partial charge in [0.05, 0.1) is 38.7 Å². The highest BCUT2D eigenvalue weighted by Crippen LogP contribution is 2.38. The first kappa shape index (κ1) is 17.8. The fourth-order valence-electron chi connectivity index (χ4n) is 3.07. The maximum Gasteiger partial charge on any atom is 0.247 e. The van der Waals surface area contributed by atoms with E-state index in [0.717, 1.165) is 22.2 Å². The molecule has 0 aliphatic carbocycles. The molecule has 1 N–H and O–H groups in total. The van der Waals surface area contributed by atoms with Crippen LogP contribution >= 0.6 is 0 Å². The van der Waals surface area contributed by atoms with E-state index in [1.807, 2.05) is 30.3 Å². The van der Waals surface area contributed by atoms with Gasteiger partial charge in [-0.25, -0.2) is 4.98 Å². The average molecular weight is 380 g/mol. The first-order valence-corrected chi connectivity index (χ1v) is 8.76. The van der Waals surface area contributed by atoms with E-state index in [2.05, 4.69) is 20.2 Å². The molecule has 0 radical (unpaired) electrons. The molecule has 0 saturated heterocycles. The number of aryl methyl sites for hydroxylation is 2. The summed E-state index contributed by atoms with van der Waals surface area (Å²) in [6.45, 7) is 0. The van der Waals surface area contributed by atoms with E-state index in [9.17, 15) is 0 Å². The number of hydrogen-bond donors (Lipinski definition) is 1. The van der Waals surface area contributed by atoms with Gasteiger partial charge in [-0.05, 0) is 42.3 Å². The number of methoxy groups -OCH3 is 3. The summed E-state index contributed by atoms with van der Waals surface area (Å²) in [4.78, 5) is 7.32. The van der Waals surface area contributed by atoms with Crippen molar-refractivity contribution in [3.8, 4) is 28.7 Å². The summed E-state index contributed by atoms with van der Waals surface area (Å²) >= 11 is 0. The molecule has 0 unspecified atom stereocenters. The van der Waals surface area contributed by atoms with E-state index in [-0.39, 0.29) is 0 Å². The number of benzene rings is 2. The van der Waals surface area contributed by atoms with Crippen molar-refractivity contribution in [2.45, 2.75) is 12.8 Å². The third-order valence-corrected chi connectivity index (χ3v) is 4.49. The first-order valence-electron chi connectivity index (χ1n) is 8.76. The molecule has 144 valence electrons. The van der Waals surface area contributed by atoms with Crippen molar-refractivity contribution >= 4 is 11.0 Å². The second-order valence-electron chi connectivity index (χ2n) is 6.17. The van der Waals surface area contributed by atoms with Gasteiger partial charge in [0.2, 0.25) is 17.5 Å². The zero-order chi connectivity index (χ0) is 19.5. The van der Waals surface area contributed by atoms with E-state index in [4.69, 9.17) is 18.6 Å². The number of aromatic amines is 1. The third-order valence-electron chi connectivity index (χ3n) is 4.49. The largest absolute Gasteiger partial charge is 0.493 e. The molecule has 0 aliphatic rings. The molecule has 0 spiro atoms. The smallest absolute Gasteiger partial charge is 0.247 e. The van der Waals surface area contributed by atoms with Crippen LogP contribution in [0.3, 0.4) is 0 Å². The summed E-state index contributed by atoms with van der Waals surface area (Å²) < 4.78 is 22.0. The minimum atomic E-state index is 0.477. The molecule has 2 aromatic carbocycles. The Morgan fingerprint density at radius 2 is 1.71 bits per heavy atom. The Balaban J connectivity index is 1.51. The molecule has 0 fully saturated rings. The minimum absolute atomic E-state index is 0.477. The number of ether oxygens (including phenoxy) is 3. The molecule has 8 heteroatoms. The van der Waals surface area contributed by atoms with Gasteiger partial charge in [0.1, 0.15) is 0 Å². The Morgan fingerprint density at radius 1 is 0.929 bits per heavy atom. The lowest BCUT2D eigenvalue weighted by Gasteiger charge is -2.13. The fourth-order valence-corrected chi connectivity index (χ4v) is 3.07. The van der Waals surface area contributed by atoms with E-state index in [1.165, 1.54) is 0 Å². The summed E-state index contributed by atoms with van der Waals surface area (Å²) in [5.74, 6) is 2.85. The average Bonchev–Trinajstić information content (AvgIpc) is 3.40. The number of fused-ring (bicyclic) bond motifs is 1. The number of rotatable bonds is 7. The molecule has 0 saturated carbocycles. The third kappa shape index (κ3) is 3.36. The summed E-state index contributed by atoms with van der Waals surface area (Å²) in [5, 5.41) is 8.32. The van der Waals surface area contributed by atoms with Gasteiger partial charge < -0.3 is 23.6 Å². The van der Waals surface area contributed by atoms with Crippen LogP contribution in [0.4, 0.5) is 0 Å². The van der Waals surface area contributed by atoms with Crippen LogP contribution in [0.15, 0.2) is 41.1 Å². The molecule has 2 heterocycles. The molecular weight excluding hydrogens is 360 g/mol. The number of aromatic nitrogens is 4. The number of imidazole rings is 1. The van der Waals surface area contributed by atoms with E-state index in [0.29, 0.717) is 41.9 Å². The van der Waals surface area contributed by atoms with Crippen molar-refractivity contribution < 1.29 is 18.6 Å². The number of nitrogens with zero attached hydrogens (tertiary/aromatic N) is 3. The van der Waals surface area contributed by atoms with Gasteiger partial charge in [-0.15, -0.1) is 10.2 Å². The van der Waals surface area contributed by atoms with Crippen molar-refractivity contribution in [2.24, 2.45) is 0 Å². The lowest BCUT2D eigenvalue weighted by Crippen LogP contribution is -1.98. The molecule has 2 aromatic heterocycles. The predicted octanol–water partition coefficient (Wildman–Crippen LogP) is 3.42. The van der Waals surface area contributed by atoms with Gasteiger partial charge in [-0.2, -0.15) is 0 Å². The first-order chi connectivity index (χ1) is 13.7. The molecule has 28 heavy (non-hydrogen) atoms. The summed E-state index contributed by atoms with van der Waals surface area (Å²) in [5.41, 5.74) is 3.68. The highest BCUT2D eigenvalue weighted by atomic mass is 16.5. The van der Waals surface area contributed by atoms with Crippen molar-refractivity contribution in [1.29, 1.82) is 0 Å². The van der Waals surface area contributed by atoms with Gasteiger partial charge in [0, 0.05) is 12.0 Å². The molecule has 0 aliphatic heterocycles. The molecule has 4 rings (SSSR count). The second kappa shape index (κ2) is 7.59. The lowest BCUT2D eigenvalue weighted by atomic mass is 10.1. The van der Waals surface area contributed by atoms with Gasteiger partial charge >= 0.3 is 0 Å². The van der Waals surface area contributed by atoms with E-state index >= 15 is 0 Å². The fraction of sp³-hybridized carbons (Fsp3) is 0.250. The highest BCUT2D eigenvalue weighted by molar-refractivity contribution is 5.79. The van der Waals surface area contributed by atoms with Crippen LogP contribution in [0, 0.1) is 0 Å². The van der Waals surface area contributed by atoms with Gasteiger partial charge in [0.25, 0.3) is 0 Å². The number of hydrogen-bond acceptors (Lipinski definition) is 7. The van der Waals surface area contributed by atoms with Gasteiger partial charge in [0.15, 0.2) is 11.5 Å². The molecule has 8 nitrogen and oxygen atoms in total. The molecular formula is C20H20N4O4. The van der Waals surface area contributed by atoms with E-state index < -0.39 is 0 Å². The van der Waals surface area contributed by atoms with Crippen molar-refractivity contribution in [3.63, 3.8) is 0 Å². The minimum Gasteiger partial charge on any atom is -0.493 e.